The number of carbonyl (C=O) groups is 1. The maximum absolute atomic E-state index is 13.8. The third-order valence-corrected chi connectivity index (χ3v) is 3.60. The Labute approximate surface area is 116 Å². The van der Waals surface area contributed by atoms with Crippen molar-refractivity contribution in [1.29, 1.82) is 0 Å². The standard InChI is InChI=1S/C12H12BrF2NO3/c13-6-1-2-9-7(3-6)8(12(14,15)5-17)4-10(19-9)11(16)18/h1-3,8,10,17H,4-5H2,(H2,16,18)/t8?,10-/m1/s1. The van der Waals surface area contributed by atoms with Gasteiger partial charge in [0.05, 0.1) is 5.92 Å². The number of fused-ring (bicyclic) bond motifs is 1. The molecule has 104 valence electrons. The molecule has 0 radical (unpaired) electrons. The van der Waals surface area contributed by atoms with Gasteiger partial charge >= 0.3 is 0 Å². The van der Waals surface area contributed by atoms with Crippen LogP contribution < -0.4 is 10.5 Å². The van der Waals surface area contributed by atoms with Crippen LogP contribution in [0.1, 0.15) is 17.9 Å². The van der Waals surface area contributed by atoms with Crippen molar-refractivity contribution in [3.05, 3.63) is 28.2 Å². The first kappa shape index (κ1) is 14.2. The number of primary amides is 1. The molecule has 1 aromatic carbocycles. The maximum Gasteiger partial charge on any atom is 0.277 e. The summed E-state index contributed by atoms with van der Waals surface area (Å²) in [5.41, 5.74) is 5.38. The van der Waals surface area contributed by atoms with Crippen LogP contribution in [-0.2, 0) is 4.79 Å². The van der Waals surface area contributed by atoms with Crippen molar-refractivity contribution in [2.24, 2.45) is 5.73 Å². The van der Waals surface area contributed by atoms with E-state index in [0.717, 1.165) is 0 Å². The number of aliphatic hydroxyl groups is 1. The largest absolute Gasteiger partial charge is 0.480 e. The number of nitrogens with two attached hydrogens (primary N) is 1. The smallest absolute Gasteiger partial charge is 0.277 e. The van der Waals surface area contributed by atoms with Gasteiger partial charge in [-0.3, -0.25) is 4.79 Å². The van der Waals surface area contributed by atoms with Crippen molar-refractivity contribution in [2.75, 3.05) is 6.61 Å². The lowest BCUT2D eigenvalue weighted by Crippen LogP contribution is -2.43. The van der Waals surface area contributed by atoms with Gasteiger partial charge in [-0.25, -0.2) is 8.78 Å². The molecule has 1 aromatic rings. The minimum atomic E-state index is -3.34. The van der Waals surface area contributed by atoms with E-state index in [-0.39, 0.29) is 17.7 Å². The predicted octanol–water partition coefficient (Wildman–Crippen LogP) is 1.80. The number of alkyl halides is 2. The van der Waals surface area contributed by atoms with Gasteiger partial charge in [-0.1, -0.05) is 15.9 Å². The molecule has 3 N–H and O–H groups in total. The zero-order valence-electron chi connectivity index (χ0n) is 9.78. The molecule has 0 saturated carbocycles. The molecule has 0 aromatic heterocycles. The van der Waals surface area contributed by atoms with Gasteiger partial charge < -0.3 is 15.6 Å². The minimum Gasteiger partial charge on any atom is -0.480 e. The van der Waals surface area contributed by atoms with Crippen LogP contribution in [0, 0.1) is 0 Å². The zero-order valence-corrected chi connectivity index (χ0v) is 11.4. The Morgan fingerprint density at radius 2 is 2.26 bits per heavy atom. The number of aliphatic hydroxyl groups excluding tert-OH is 1. The fourth-order valence-corrected chi connectivity index (χ4v) is 2.50. The normalized spacial score (nSPS) is 22.5. The highest BCUT2D eigenvalue weighted by Gasteiger charge is 2.46. The van der Waals surface area contributed by atoms with Gasteiger partial charge in [0, 0.05) is 16.5 Å². The Morgan fingerprint density at radius 1 is 1.58 bits per heavy atom. The third-order valence-electron chi connectivity index (χ3n) is 3.10. The lowest BCUT2D eigenvalue weighted by Gasteiger charge is -2.34. The van der Waals surface area contributed by atoms with Crippen molar-refractivity contribution >= 4 is 21.8 Å². The van der Waals surface area contributed by atoms with Crippen LogP contribution in [-0.4, -0.2) is 29.6 Å². The number of ether oxygens (including phenoxy) is 1. The van der Waals surface area contributed by atoms with Crippen molar-refractivity contribution in [2.45, 2.75) is 24.4 Å². The molecular formula is C12H12BrF2NO3. The molecule has 1 heterocycles. The summed E-state index contributed by atoms with van der Waals surface area (Å²) >= 11 is 3.20. The summed E-state index contributed by atoms with van der Waals surface area (Å²) in [5.74, 6) is -5.26. The number of carbonyl (C=O) groups excluding carboxylic acids is 1. The SMILES string of the molecule is NC(=O)[C@H]1CC(C(F)(F)CO)c2cc(Br)ccc2O1. The molecule has 0 spiro atoms. The van der Waals surface area contributed by atoms with Gasteiger partial charge in [0.1, 0.15) is 12.4 Å². The molecule has 0 fully saturated rings. The van der Waals surface area contributed by atoms with E-state index in [2.05, 4.69) is 15.9 Å². The topological polar surface area (TPSA) is 72.6 Å². The number of amides is 1. The molecule has 7 heteroatoms. The van der Waals surface area contributed by atoms with Gasteiger partial charge in [0.25, 0.3) is 11.8 Å². The molecule has 2 atom stereocenters. The summed E-state index contributed by atoms with van der Waals surface area (Å²) in [5, 5.41) is 8.85. The van der Waals surface area contributed by atoms with E-state index >= 15 is 0 Å². The Bertz CT molecular complexity index is 510. The maximum atomic E-state index is 13.8. The second-order valence-electron chi connectivity index (χ2n) is 4.40. The molecule has 2 rings (SSSR count). The quantitative estimate of drug-likeness (QED) is 0.884. The van der Waals surface area contributed by atoms with Crippen molar-refractivity contribution < 1.29 is 23.4 Å². The number of benzene rings is 1. The van der Waals surface area contributed by atoms with Crippen LogP contribution in [0.25, 0.3) is 0 Å². The van der Waals surface area contributed by atoms with Crippen molar-refractivity contribution in [1.82, 2.24) is 0 Å². The first-order valence-electron chi connectivity index (χ1n) is 5.59. The van der Waals surface area contributed by atoms with Crippen molar-refractivity contribution in [3.63, 3.8) is 0 Å². The van der Waals surface area contributed by atoms with E-state index in [1.165, 1.54) is 12.1 Å². The first-order valence-corrected chi connectivity index (χ1v) is 6.38. The summed E-state index contributed by atoms with van der Waals surface area (Å²) < 4.78 is 33.6. The molecule has 19 heavy (non-hydrogen) atoms. The number of rotatable bonds is 3. The molecule has 1 aliphatic rings. The summed E-state index contributed by atoms with van der Waals surface area (Å²) in [4.78, 5) is 11.2. The number of hydrogen-bond donors (Lipinski definition) is 2. The van der Waals surface area contributed by atoms with E-state index < -0.39 is 30.5 Å². The van der Waals surface area contributed by atoms with Crippen LogP contribution in [0.15, 0.2) is 22.7 Å². The molecule has 4 nitrogen and oxygen atoms in total. The van der Waals surface area contributed by atoms with E-state index in [0.29, 0.717) is 4.47 Å². The monoisotopic (exact) mass is 335 g/mol. The molecule has 1 amide bonds. The van der Waals surface area contributed by atoms with Gasteiger partial charge in [0.2, 0.25) is 0 Å². The fraction of sp³-hybridized carbons (Fsp3) is 0.417. The van der Waals surface area contributed by atoms with Crippen molar-refractivity contribution in [3.8, 4) is 5.75 Å². The third kappa shape index (κ3) is 2.71. The van der Waals surface area contributed by atoms with Crippen LogP contribution in [0.5, 0.6) is 5.75 Å². The average Bonchev–Trinajstić information content (AvgIpc) is 2.37. The molecule has 0 saturated heterocycles. The summed E-state index contributed by atoms with van der Waals surface area (Å²) in [6.07, 6.45) is -1.37. The Morgan fingerprint density at radius 3 is 2.84 bits per heavy atom. The van der Waals surface area contributed by atoms with E-state index in [9.17, 15) is 13.6 Å². The Balaban J connectivity index is 2.48. The van der Waals surface area contributed by atoms with Crippen LogP contribution in [0.2, 0.25) is 0 Å². The minimum absolute atomic E-state index is 0.191. The molecule has 1 unspecified atom stereocenters. The fourth-order valence-electron chi connectivity index (χ4n) is 2.13. The van der Waals surface area contributed by atoms with Crippen LogP contribution in [0.4, 0.5) is 8.78 Å². The lowest BCUT2D eigenvalue weighted by molar-refractivity contribution is -0.129. The Kier molecular flexibility index (Phi) is 3.78. The highest BCUT2D eigenvalue weighted by molar-refractivity contribution is 9.10. The van der Waals surface area contributed by atoms with Gasteiger partial charge in [0.15, 0.2) is 6.10 Å². The average molecular weight is 336 g/mol. The zero-order chi connectivity index (χ0) is 14.2. The van der Waals surface area contributed by atoms with Gasteiger partial charge in [-0.15, -0.1) is 0 Å². The first-order chi connectivity index (χ1) is 8.85. The lowest BCUT2D eigenvalue weighted by atomic mass is 9.85. The van der Waals surface area contributed by atoms with E-state index in [1.54, 1.807) is 6.07 Å². The predicted molar refractivity (Wildman–Crippen MR) is 67.1 cm³/mol. The molecule has 0 bridgehead atoms. The molecular weight excluding hydrogens is 324 g/mol. The molecule has 1 aliphatic heterocycles. The highest BCUT2D eigenvalue weighted by atomic mass is 79.9. The van der Waals surface area contributed by atoms with Crippen LogP contribution >= 0.6 is 15.9 Å². The van der Waals surface area contributed by atoms with E-state index in [1.807, 2.05) is 0 Å². The summed E-state index contributed by atoms with van der Waals surface area (Å²) in [6, 6.07) is 4.62. The second-order valence-corrected chi connectivity index (χ2v) is 5.31. The molecule has 0 aliphatic carbocycles. The number of halogens is 3. The van der Waals surface area contributed by atoms with Gasteiger partial charge in [-0.2, -0.15) is 0 Å². The summed E-state index contributed by atoms with van der Waals surface area (Å²) in [6.45, 7) is -1.30. The van der Waals surface area contributed by atoms with Crippen LogP contribution in [0.3, 0.4) is 0 Å². The van der Waals surface area contributed by atoms with E-state index in [4.69, 9.17) is 15.6 Å². The second kappa shape index (κ2) is 5.05. The Hall–Kier alpha value is -1.21. The van der Waals surface area contributed by atoms with Gasteiger partial charge in [-0.05, 0) is 18.2 Å². The summed E-state index contributed by atoms with van der Waals surface area (Å²) in [7, 11) is 0. The number of hydrogen-bond acceptors (Lipinski definition) is 3. The highest BCUT2D eigenvalue weighted by Crippen LogP contribution is 2.45.